The molecule has 1 atom stereocenters. The number of anilines is 1. The normalized spacial score (nSPS) is 20.5. The number of methoxy groups -OCH3 is 1. The Hall–Kier alpha value is -2.64. The summed E-state index contributed by atoms with van der Waals surface area (Å²) in [6.07, 6.45) is 10.2. The van der Waals surface area contributed by atoms with Gasteiger partial charge < -0.3 is 20.7 Å². The Morgan fingerprint density at radius 2 is 1.86 bits per heavy atom. The summed E-state index contributed by atoms with van der Waals surface area (Å²) in [7, 11) is 1.37. The van der Waals surface area contributed by atoms with Gasteiger partial charge in [0.05, 0.1) is 19.0 Å². The van der Waals surface area contributed by atoms with Crippen LogP contribution in [-0.2, 0) is 9.59 Å². The van der Waals surface area contributed by atoms with Crippen molar-refractivity contribution >= 4 is 23.4 Å². The summed E-state index contributed by atoms with van der Waals surface area (Å²) in [6, 6.07) is 1.51. The molecule has 152 valence electrons. The number of pyridine rings is 1. The van der Waals surface area contributed by atoms with E-state index in [-0.39, 0.29) is 23.2 Å². The second-order valence-electron chi connectivity index (χ2n) is 7.56. The number of hydrogen-bond donors (Lipinski definition) is 2. The molecule has 3 rings (SSSR count). The highest BCUT2D eigenvalue weighted by molar-refractivity contribution is 6.39. The molecule has 1 aromatic rings. The molecule has 8 heteroatoms. The number of nitrogens with two attached hydrogens (primary N) is 1. The van der Waals surface area contributed by atoms with Crippen molar-refractivity contribution in [3.63, 3.8) is 0 Å². The van der Waals surface area contributed by atoms with Gasteiger partial charge in [0.1, 0.15) is 5.56 Å². The average molecular weight is 388 g/mol. The van der Waals surface area contributed by atoms with E-state index >= 15 is 0 Å². The van der Waals surface area contributed by atoms with Crippen molar-refractivity contribution < 1.29 is 19.1 Å². The fourth-order valence-corrected chi connectivity index (χ4v) is 4.39. The predicted molar refractivity (Wildman–Crippen MR) is 104 cm³/mol. The topological polar surface area (TPSA) is 115 Å². The molecule has 3 N–H and O–H groups in total. The number of aromatic nitrogens is 1. The number of primary amides is 1. The molecule has 0 bridgehead atoms. The first-order chi connectivity index (χ1) is 13.5. The average Bonchev–Trinajstić information content (AvgIpc) is 2.73. The third-order valence-electron chi connectivity index (χ3n) is 5.77. The van der Waals surface area contributed by atoms with Crippen LogP contribution in [0.1, 0.15) is 61.7 Å². The molecule has 3 amide bonds. The Bertz CT molecular complexity index is 746. The quantitative estimate of drug-likeness (QED) is 0.767. The van der Waals surface area contributed by atoms with Gasteiger partial charge in [0.2, 0.25) is 5.88 Å². The van der Waals surface area contributed by atoms with Crippen LogP contribution in [0.4, 0.5) is 5.69 Å². The van der Waals surface area contributed by atoms with E-state index in [1.165, 1.54) is 38.6 Å². The summed E-state index contributed by atoms with van der Waals surface area (Å²) in [6.45, 7) is 0.612. The zero-order valence-corrected chi connectivity index (χ0v) is 16.3. The number of piperidine rings is 1. The van der Waals surface area contributed by atoms with Gasteiger partial charge in [-0.05, 0) is 44.1 Å². The third-order valence-corrected chi connectivity index (χ3v) is 5.77. The lowest BCUT2D eigenvalue weighted by molar-refractivity contribution is -0.147. The number of nitrogens with one attached hydrogen (secondary N) is 1. The van der Waals surface area contributed by atoms with E-state index in [2.05, 4.69) is 10.3 Å². The smallest absolute Gasteiger partial charge is 0.313 e. The highest BCUT2D eigenvalue weighted by atomic mass is 16.5. The van der Waals surface area contributed by atoms with E-state index in [9.17, 15) is 14.4 Å². The minimum absolute atomic E-state index is 0.0470. The van der Waals surface area contributed by atoms with Crippen molar-refractivity contribution in [1.82, 2.24) is 9.88 Å². The number of likely N-dealkylation sites (tertiary alicyclic amines) is 1. The Kier molecular flexibility index (Phi) is 6.49. The van der Waals surface area contributed by atoms with Crippen molar-refractivity contribution in [2.75, 3.05) is 19.0 Å². The summed E-state index contributed by atoms with van der Waals surface area (Å²) in [5, 5.41) is 2.55. The lowest BCUT2D eigenvalue weighted by Crippen LogP contribution is -2.51. The molecule has 2 fully saturated rings. The standard InChI is InChI=1S/C20H28N4O4/c1-28-19-15(17(21)25)11-14(12-22-19)23-18(26)20(27)24-10-6-5-9-16(24)13-7-3-2-4-8-13/h11-13,16H,2-10H2,1H3,(H2,21,25)(H,23,26)/t16-/m1/s1. The number of amides is 3. The molecule has 28 heavy (non-hydrogen) atoms. The molecule has 0 aromatic carbocycles. The van der Waals surface area contributed by atoms with Crippen LogP contribution in [0.2, 0.25) is 0 Å². The van der Waals surface area contributed by atoms with Crippen molar-refractivity contribution in [2.45, 2.75) is 57.4 Å². The second kappa shape index (κ2) is 9.03. The van der Waals surface area contributed by atoms with E-state index in [4.69, 9.17) is 10.5 Å². The summed E-state index contributed by atoms with van der Waals surface area (Å²) < 4.78 is 4.99. The molecule has 1 saturated carbocycles. The fraction of sp³-hybridized carbons (Fsp3) is 0.600. The summed E-state index contributed by atoms with van der Waals surface area (Å²) in [5.74, 6) is -1.41. The molecule has 1 saturated heterocycles. The highest BCUT2D eigenvalue weighted by Crippen LogP contribution is 2.33. The number of nitrogens with zero attached hydrogens (tertiary/aromatic N) is 2. The van der Waals surface area contributed by atoms with Crippen LogP contribution in [0.5, 0.6) is 5.88 Å². The molecule has 1 aliphatic heterocycles. The highest BCUT2D eigenvalue weighted by Gasteiger charge is 2.36. The van der Waals surface area contributed by atoms with E-state index < -0.39 is 17.7 Å². The molecular formula is C20H28N4O4. The van der Waals surface area contributed by atoms with Crippen molar-refractivity contribution in [3.8, 4) is 5.88 Å². The van der Waals surface area contributed by atoms with E-state index in [0.29, 0.717) is 12.5 Å². The lowest BCUT2D eigenvalue weighted by Gasteiger charge is -2.41. The Labute approximate surface area is 164 Å². The first-order valence-electron chi connectivity index (χ1n) is 9.97. The van der Waals surface area contributed by atoms with Crippen molar-refractivity contribution in [1.29, 1.82) is 0 Å². The third kappa shape index (κ3) is 4.43. The molecule has 8 nitrogen and oxygen atoms in total. The van der Waals surface area contributed by atoms with Gasteiger partial charge in [-0.2, -0.15) is 0 Å². The maximum absolute atomic E-state index is 12.9. The summed E-state index contributed by atoms with van der Waals surface area (Å²) in [4.78, 5) is 42.7. The Morgan fingerprint density at radius 1 is 1.14 bits per heavy atom. The first kappa shape index (κ1) is 20.1. The van der Waals surface area contributed by atoms with Gasteiger partial charge in [-0.25, -0.2) is 4.98 Å². The number of carbonyl (C=O) groups is 3. The molecule has 1 aliphatic carbocycles. The van der Waals surface area contributed by atoms with Crippen LogP contribution in [0, 0.1) is 5.92 Å². The van der Waals surface area contributed by atoms with Gasteiger partial charge in [-0.1, -0.05) is 19.3 Å². The number of hydrogen-bond acceptors (Lipinski definition) is 5. The summed E-state index contributed by atoms with van der Waals surface area (Å²) in [5.41, 5.74) is 5.60. The van der Waals surface area contributed by atoms with Crippen molar-refractivity contribution in [3.05, 3.63) is 17.8 Å². The van der Waals surface area contributed by atoms with Gasteiger partial charge in [-0.3, -0.25) is 14.4 Å². The molecule has 2 heterocycles. The van der Waals surface area contributed by atoms with E-state index in [1.54, 1.807) is 4.90 Å². The SMILES string of the molecule is COc1ncc(NC(=O)C(=O)N2CCCC[C@@H]2C2CCCCC2)cc1C(N)=O. The van der Waals surface area contributed by atoms with Crippen LogP contribution < -0.4 is 15.8 Å². The maximum Gasteiger partial charge on any atom is 0.313 e. The second-order valence-corrected chi connectivity index (χ2v) is 7.56. The minimum Gasteiger partial charge on any atom is -0.480 e. The van der Waals surface area contributed by atoms with E-state index in [1.807, 2.05) is 0 Å². The van der Waals surface area contributed by atoms with Gasteiger partial charge in [0.15, 0.2) is 0 Å². The Morgan fingerprint density at radius 3 is 2.54 bits per heavy atom. The fourth-order valence-electron chi connectivity index (χ4n) is 4.39. The van der Waals surface area contributed by atoms with Gasteiger partial charge >= 0.3 is 11.8 Å². The summed E-state index contributed by atoms with van der Waals surface area (Å²) >= 11 is 0. The van der Waals surface area contributed by atoms with Crippen LogP contribution in [-0.4, -0.2) is 47.3 Å². The number of ether oxygens (including phenoxy) is 1. The van der Waals surface area contributed by atoms with Gasteiger partial charge in [0, 0.05) is 12.6 Å². The van der Waals surface area contributed by atoms with Crippen molar-refractivity contribution in [2.24, 2.45) is 11.7 Å². The largest absolute Gasteiger partial charge is 0.480 e. The molecule has 0 radical (unpaired) electrons. The molecule has 0 spiro atoms. The van der Waals surface area contributed by atoms with Crippen LogP contribution >= 0.6 is 0 Å². The van der Waals surface area contributed by atoms with Crippen LogP contribution in [0.3, 0.4) is 0 Å². The molecule has 1 aromatic heterocycles. The van der Waals surface area contributed by atoms with Gasteiger partial charge in [0.25, 0.3) is 5.91 Å². The Balaban J connectivity index is 1.71. The molecular weight excluding hydrogens is 360 g/mol. The number of carbonyl (C=O) groups excluding carboxylic acids is 3. The van der Waals surface area contributed by atoms with Crippen LogP contribution in [0.25, 0.3) is 0 Å². The van der Waals surface area contributed by atoms with E-state index in [0.717, 1.165) is 32.1 Å². The lowest BCUT2D eigenvalue weighted by atomic mass is 9.80. The minimum atomic E-state index is -0.722. The zero-order chi connectivity index (χ0) is 20.1. The number of rotatable bonds is 4. The monoisotopic (exact) mass is 388 g/mol. The van der Waals surface area contributed by atoms with Crippen LogP contribution in [0.15, 0.2) is 12.3 Å². The molecule has 0 unspecified atom stereocenters. The maximum atomic E-state index is 12.9. The predicted octanol–water partition coefficient (Wildman–Crippen LogP) is 2.09. The van der Waals surface area contributed by atoms with Gasteiger partial charge in [-0.15, -0.1) is 0 Å². The zero-order valence-electron chi connectivity index (χ0n) is 16.3. The first-order valence-corrected chi connectivity index (χ1v) is 9.97. The molecule has 2 aliphatic rings.